The normalized spacial score (nSPS) is 11.4. The molecule has 0 radical (unpaired) electrons. The molecule has 0 spiro atoms. The van der Waals surface area contributed by atoms with Crippen molar-refractivity contribution in [3.8, 4) is 0 Å². The van der Waals surface area contributed by atoms with Crippen molar-refractivity contribution in [3.05, 3.63) is 59.7 Å². The lowest BCUT2D eigenvalue weighted by Crippen LogP contribution is -2.37. The Morgan fingerprint density at radius 2 is 1.69 bits per heavy atom. The first kappa shape index (κ1) is 20.0. The summed E-state index contributed by atoms with van der Waals surface area (Å²) < 4.78 is 32.7. The molecule has 2 rings (SSSR count). The van der Waals surface area contributed by atoms with Crippen molar-refractivity contribution in [3.63, 3.8) is 0 Å². The van der Waals surface area contributed by atoms with E-state index in [0.29, 0.717) is 5.69 Å². The van der Waals surface area contributed by atoms with E-state index in [2.05, 4.69) is 0 Å². The number of nitrogens with zero attached hydrogens (tertiary/aromatic N) is 1. The SMILES string of the molecule is CCOC(=O)CN(c1ccccc1C(C)C)S(=O)(=O)c1ccc(C)cc1. The van der Waals surface area contributed by atoms with E-state index in [1.54, 1.807) is 43.3 Å². The van der Waals surface area contributed by atoms with Crippen LogP contribution in [0.5, 0.6) is 0 Å². The van der Waals surface area contributed by atoms with E-state index in [1.165, 1.54) is 0 Å². The number of sulfonamides is 1. The minimum atomic E-state index is -3.91. The Morgan fingerprint density at radius 1 is 1.08 bits per heavy atom. The van der Waals surface area contributed by atoms with E-state index in [0.717, 1.165) is 15.4 Å². The fraction of sp³-hybridized carbons (Fsp3) is 0.350. The molecular formula is C20H25NO4S. The second-order valence-corrected chi connectivity index (χ2v) is 8.21. The highest BCUT2D eigenvalue weighted by Crippen LogP contribution is 2.31. The van der Waals surface area contributed by atoms with Gasteiger partial charge in [0, 0.05) is 0 Å². The second kappa shape index (κ2) is 8.36. The third-order valence-corrected chi connectivity index (χ3v) is 5.79. The van der Waals surface area contributed by atoms with Crippen molar-refractivity contribution in [2.75, 3.05) is 17.5 Å². The number of carbonyl (C=O) groups excluding carboxylic acids is 1. The van der Waals surface area contributed by atoms with Crippen molar-refractivity contribution >= 4 is 21.7 Å². The Labute approximate surface area is 155 Å². The van der Waals surface area contributed by atoms with Gasteiger partial charge in [0.25, 0.3) is 10.0 Å². The minimum absolute atomic E-state index is 0.101. The summed E-state index contributed by atoms with van der Waals surface area (Å²) in [6, 6.07) is 13.8. The van der Waals surface area contributed by atoms with Gasteiger partial charge in [-0.2, -0.15) is 0 Å². The van der Waals surface area contributed by atoms with Crippen LogP contribution in [0.15, 0.2) is 53.4 Å². The first-order chi connectivity index (χ1) is 12.3. The van der Waals surface area contributed by atoms with Crippen LogP contribution in [0.2, 0.25) is 0 Å². The van der Waals surface area contributed by atoms with Crippen LogP contribution in [0.3, 0.4) is 0 Å². The number of ether oxygens (including phenoxy) is 1. The zero-order valence-electron chi connectivity index (χ0n) is 15.6. The molecule has 0 N–H and O–H groups in total. The maximum Gasteiger partial charge on any atom is 0.326 e. The van der Waals surface area contributed by atoms with Crippen molar-refractivity contribution in [1.29, 1.82) is 0 Å². The molecule has 140 valence electrons. The fourth-order valence-electron chi connectivity index (χ4n) is 2.66. The number of aryl methyl sites for hydroxylation is 1. The number of carbonyl (C=O) groups is 1. The zero-order chi connectivity index (χ0) is 19.3. The van der Waals surface area contributed by atoms with E-state index in [4.69, 9.17) is 4.74 Å². The summed E-state index contributed by atoms with van der Waals surface area (Å²) in [6.45, 7) is 7.39. The van der Waals surface area contributed by atoms with Crippen LogP contribution in [-0.4, -0.2) is 27.5 Å². The molecule has 0 aliphatic heterocycles. The Balaban J connectivity index is 2.58. The monoisotopic (exact) mass is 375 g/mol. The predicted octanol–water partition coefficient (Wildman–Crippen LogP) is 3.88. The summed E-state index contributed by atoms with van der Waals surface area (Å²) in [4.78, 5) is 12.3. The van der Waals surface area contributed by atoms with Gasteiger partial charge in [-0.3, -0.25) is 9.10 Å². The number of benzene rings is 2. The quantitative estimate of drug-likeness (QED) is 0.689. The molecule has 0 bridgehead atoms. The summed E-state index contributed by atoms with van der Waals surface area (Å²) in [7, 11) is -3.91. The molecule has 0 saturated carbocycles. The number of para-hydroxylation sites is 1. The Morgan fingerprint density at radius 3 is 2.27 bits per heavy atom. The molecule has 6 heteroatoms. The molecule has 0 saturated heterocycles. The highest BCUT2D eigenvalue weighted by Gasteiger charge is 2.29. The van der Waals surface area contributed by atoms with Gasteiger partial charge in [-0.1, -0.05) is 49.7 Å². The van der Waals surface area contributed by atoms with Gasteiger partial charge in [-0.15, -0.1) is 0 Å². The van der Waals surface area contributed by atoms with E-state index >= 15 is 0 Å². The largest absolute Gasteiger partial charge is 0.465 e. The molecule has 0 amide bonds. The number of anilines is 1. The molecule has 0 aromatic heterocycles. The molecule has 2 aromatic carbocycles. The Hall–Kier alpha value is -2.34. The summed E-state index contributed by atoms with van der Waals surface area (Å²) in [5, 5.41) is 0. The van der Waals surface area contributed by atoms with Crippen LogP contribution in [0, 0.1) is 6.92 Å². The standard InChI is InChI=1S/C20H25NO4S/c1-5-25-20(22)14-21(19-9-7-6-8-18(19)15(2)3)26(23,24)17-12-10-16(4)11-13-17/h6-13,15H,5,14H2,1-4H3. The van der Waals surface area contributed by atoms with Gasteiger partial charge in [0.1, 0.15) is 6.54 Å². The lowest BCUT2D eigenvalue weighted by molar-refractivity contribution is -0.141. The first-order valence-corrected chi connectivity index (χ1v) is 10.0. The van der Waals surface area contributed by atoms with E-state index < -0.39 is 16.0 Å². The maximum absolute atomic E-state index is 13.3. The molecule has 0 unspecified atom stereocenters. The van der Waals surface area contributed by atoms with Crippen LogP contribution in [-0.2, 0) is 19.6 Å². The van der Waals surface area contributed by atoms with E-state index in [1.807, 2.05) is 32.9 Å². The lowest BCUT2D eigenvalue weighted by atomic mass is 10.0. The number of hydrogen-bond donors (Lipinski definition) is 0. The van der Waals surface area contributed by atoms with Gasteiger partial charge in [0.2, 0.25) is 0 Å². The molecule has 26 heavy (non-hydrogen) atoms. The van der Waals surface area contributed by atoms with Crippen LogP contribution in [0.4, 0.5) is 5.69 Å². The molecule has 5 nitrogen and oxygen atoms in total. The van der Waals surface area contributed by atoms with Crippen molar-refractivity contribution in [2.45, 2.75) is 38.5 Å². The van der Waals surface area contributed by atoms with Gasteiger partial charge < -0.3 is 4.74 Å². The van der Waals surface area contributed by atoms with Crippen LogP contribution >= 0.6 is 0 Å². The average Bonchev–Trinajstić information content (AvgIpc) is 2.60. The van der Waals surface area contributed by atoms with Crippen molar-refractivity contribution in [2.24, 2.45) is 0 Å². The minimum Gasteiger partial charge on any atom is -0.465 e. The van der Waals surface area contributed by atoms with Gasteiger partial charge in [0.15, 0.2) is 0 Å². The Bertz CT molecular complexity index is 858. The zero-order valence-corrected chi connectivity index (χ0v) is 16.4. The third-order valence-electron chi connectivity index (χ3n) is 4.01. The summed E-state index contributed by atoms with van der Waals surface area (Å²) in [5.74, 6) is -0.481. The lowest BCUT2D eigenvalue weighted by Gasteiger charge is -2.27. The number of rotatable bonds is 7. The van der Waals surface area contributed by atoms with E-state index in [-0.39, 0.29) is 24.0 Å². The third kappa shape index (κ3) is 4.43. The fourth-order valence-corrected chi connectivity index (χ4v) is 4.10. The Kier molecular flexibility index (Phi) is 6.42. The average molecular weight is 375 g/mol. The van der Waals surface area contributed by atoms with Gasteiger partial charge in [-0.25, -0.2) is 8.42 Å². The smallest absolute Gasteiger partial charge is 0.326 e. The predicted molar refractivity (Wildman–Crippen MR) is 103 cm³/mol. The van der Waals surface area contributed by atoms with Gasteiger partial charge in [0.05, 0.1) is 17.2 Å². The molecule has 0 aliphatic carbocycles. The van der Waals surface area contributed by atoms with Crippen molar-refractivity contribution < 1.29 is 17.9 Å². The maximum atomic E-state index is 13.3. The highest BCUT2D eigenvalue weighted by molar-refractivity contribution is 7.92. The molecule has 0 fully saturated rings. The van der Waals surface area contributed by atoms with Gasteiger partial charge in [-0.05, 0) is 43.5 Å². The molecule has 0 aliphatic rings. The van der Waals surface area contributed by atoms with E-state index in [9.17, 15) is 13.2 Å². The molecular weight excluding hydrogens is 350 g/mol. The molecule has 0 heterocycles. The van der Waals surface area contributed by atoms with Crippen molar-refractivity contribution in [1.82, 2.24) is 0 Å². The summed E-state index contributed by atoms with van der Waals surface area (Å²) in [6.07, 6.45) is 0. The van der Waals surface area contributed by atoms with Crippen LogP contribution < -0.4 is 4.31 Å². The molecule has 2 aromatic rings. The number of hydrogen-bond acceptors (Lipinski definition) is 4. The van der Waals surface area contributed by atoms with Gasteiger partial charge >= 0.3 is 5.97 Å². The van der Waals surface area contributed by atoms with Crippen LogP contribution in [0.25, 0.3) is 0 Å². The second-order valence-electron chi connectivity index (χ2n) is 6.34. The highest BCUT2D eigenvalue weighted by atomic mass is 32.2. The number of esters is 1. The first-order valence-electron chi connectivity index (χ1n) is 8.61. The van der Waals surface area contributed by atoms with Crippen LogP contribution in [0.1, 0.15) is 37.8 Å². The molecule has 0 atom stereocenters. The topological polar surface area (TPSA) is 63.7 Å². The summed E-state index contributed by atoms with van der Waals surface area (Å²) in [5.41, 5.74) is 2.31. The summed E-state index contributed by atoms with van der Waals surface area (Å²) >= 11 is 0.